The van der Waals surface area contributed by atoms with E-state index in [1.54, 1.807) is 24.2 Å². The quantitative estimate of drug-likeness (QED) is 0.806. The predicted octanol–water partition coefficient (Wildman–Crippen LogP) is 2.28. The Bertz CT molecular complexity index is 774. The second kappa shape index (κ2) is 5.66. The number of aromatic nitrogens is 3. The fourth-order valence-corrected chi connectivity index (χ4v) is 2.34. The Hall–Kier alpha value is -2.41. The van der Waals surface area contributed by atoms with Crippen molar-refractivity contribution in [2.24, 2.45) is 0 Å². The molecule has 1 aliphatic heterocycles. The highest BCUT2D eigenvalue weighted by Crippen LogP contribution is 2.27. The van der Waals surface area contributed by atoms with Gasteiger partial charge in [0.05, 0.1) is 6.54 Å². The molecule has 0 aliphatic carbocycles. The van der Waals surface area contributed by atoms with Gasteiger partial charge in [0, 0.05) is 36.6 Å². The van der Waals surface area contributed by atoms with Crippen molar-refractivity contribution in [2.75, 3.05) is 18.9 Å². The lowest BCUT2D eigenvalue weighted by Gasteiger charge is -2.23. The topological polar surface area (TPSA) is 77.1 Å². The van der Waals surface area contributed by atoms with Crippen molar-refractivity contribution < 1.29 is 9.50 Å². The number of H-pyrrole nitrogens is 1. The van der Waals surface area contributed by atoms with Gasteiger partial charge in [-0.25, -0.2) is 9.37 Å². The fraction of sp³-hybridized carbons (Fsp3) is 0.375. The first-order chi connectivity index (χ1) is 10.8. The van der Waals surface area contributed by atoms with Crippen molar-refractivity contribution in [3.63, 3.8) is 0 Å². The molecule has 2 aromatic rings. The van der Waals surface area contributed by atoms with Gasteiger partial charge < -0.3 is 20.3 Å². The molecule has 0 spiro atoms. The Balaban J connectivity index is 1.88. The van der Waals surface area contributed by atoms with Crippen LogP contribution in [0.2, 0.25) is 0 Å². The van der Waals surface area contributed by atoms with Gasteiger partial charge >= 0.3 is 0 Å². The molecule has 6 nitrogen and oxygen atoms in total. The van der Waals surface area contributed by atoms with Gasteiger partial charge in [0.2, 0.25) is 5.95 Å². The van der Waals surface area contributed by atoms with E-state index in [0.717, 1.165) is 16.5 Å². The molecule has 0 amide bonds. The SMILES string of the molecule is CN1C=C(c2c[nH]c3nc(NCC(C)(C)F)ncc23)C=CC1O. The summed E-state index contributed by atoms with van der Waals surface area (Å²) >= 11 is 0. The molecule has 122 valence electrons. The molecule has 0 radical (unpaired) electrons. The summed E-state index contributed by atoms with van der Waals surface area (Å²) in [4.78, 5) is 13.4. The molecular weight excluding hydrogens is 297 g/mol. The Morgan fingerprint density at radius 2 is 2.26 bits per heavy atom. The summed E-state index contributed by atoms with van der Waals surface area (Å²) in [6.45, 7) is 3.14. The molecule has 1 aliphatic rings. The maximum Gasteiger partial charge on any atom is 0.224 e. The van der Waals surface area contributed by atoms with Gasteiger partial charge in [-0.1, -0.05) is 6.08 Å². The zero-order valence-corrected chi connectivity index (χ0v) is 13.3. The van der Waals surface area contributed by atoms with Crippen LogP contribution in [0.4, 0.5) is 10.3 Å². The summed E-state index contributed by atoms with van der Waals surface area (Å²) in [5, 5.41) is 13.5. The number of likely N-dealkylation sites (N-methyl/N-ethyl adjacent to an activating group) is 1. The number of halogens is 1. The van der Waals surface area contributed by atoms with Gasteiger partial charge in [-0.3, -0.25) is 0 Å². The first kappa shape index (κ1) is 15.5. The van der Waals surface area contributed by atoms with E-state index < -0.39 is 11.9 Å². The van der Waals surface area contributed by atoms with Crippen LogP contribution in [0.1, 0.15) is 19.4 Å². The molecule has 0 saturated heterocycles. The van der Waals surface area contributed by atoms with Crippen molar-refractivity contribution >= 4 is 22.6 Å². The number of anilines is 1. The number of hydrogen-bond acceptors (Lipinski definition) is 5. The minimum atomic E-state index is -1.33. The van der Waals surface area contributed by atoms with Gasteiger partial charge in [0.1, 0.15) is 17.5 Å². The van der Waals surface area contributed by atoms with Crippen LogP contribution in [0.15, 0.2) is 30.7 Å². The minimum absolute atomic E-state index is 0.142. The van der Waals surface area contributed by atoms with E-state index in [1.165, 1.54) is 13.8 Å². The third-order valence-corrected chi connectivity index (χ3v) is 3.62. The number of nitrogens with zero attached hydrogens (tertiary/aromatic N) is 3. The Morgan fingerprint density at radius 1 is 1.48 bits per heavy atom. The average molecular weight is 317 g/mol. The number of nitrogens with one attached hydrogen (secondary N) is 2. The van der Waals surface area contributed by atoms with Crippen molar-refractivity contribution in [3.05, 3.63) is 36.3 Å². The van der Waals surface area contributed by atoms with E-state index in [9.17, 15) is 9.50 Å². The van der Waals surface area contributed by atoms with Crippen LogP contribution in [0, 0.1) is 0 Å². The second-order valence-corrected chi connectivity index (χ2v) is 6.25. The van der Waals surface area contributed by atoms with Crippen LogP contribution >= 0.6 is 0 Å². The van der Waals surface area contributed by atoms with E-state index in [1.807, 2.05) is 18.5 Å². The molecule has 3 N–H and O–H groups in total. The number of hydrogen-bond donors (Lipinski definition) is 3. The first-order valence-electron chi connectivity index (χ1n) is 7.41. The van der Waals surface area contributed by atoms with Crippen LogP contribution in [0.5, 0.6) is 0 Å². The van der Waals surface area contributed by atoms with Gasteiger partial charge in [-0.2, -0.15) is 4.98 Å². The zero-order chi connectivity index (χ0) is 16.6. The molecule has 0 saturated carbocycles. The van der Waals surface area contributed by atoms with E-state index >= 15 is 0 Å². The normalized spacial score (nSPS) is 18.4. The van der Waals surface area contributed by atoms with Crippen LogP contribution in [-0.4, -0.2) is 50.4 Å². The maximum atomic E-state index is 13.5. The molecule has 23 heavy (non-hydrogen) atoms. The third kappa shape index (κ3) is 3.34. The van der Waals surface area contributed by atoms with Crippen LogP contribution in [-0.2, 0) is 0 Å². The zero-order valence-electron chi connectivity index (χ0n) is 13.3. The Labute approximate surface area is 133 Å². The minimum Gasteiger partial charge on any atom is -0.370 e. The highest BCUT2D eigenvalue weighted by molar-refractivity contribution is 5.93. The van der Waals surface area contributed by atoms with E-state index in [-0.39, 0.29) is 6.54 Å². The molecular formula is C16H20FN5O. The van der Waals surface area contributed by atoms with Crippen molar-refractivity contribution in [2.45, 2.75) is 25.7 Å². The molecule has 7 heteroatoms. The van der Waals surface area contributed by atoms with Gasteiger partial charge in [-0.15, -0.1) is 0 Å². The molecule has 0 fully saturated rings. The fourth-order valence-electron chi connectivity index (χ4n) is 2.34. The second-order valence-electron chi connectivity index (χ2n) is 6.25. The van der Waals surface area contributed by atoms with Gasteiger partial charge in [-0.05, 0) is 25.5 Å². The number of aliphatic hydroxyl groups is 1. The van der Waals surface area contributed by atoms with Gasteiger partial charge in [0.25, 0.3) is 0 Å². The summed E-state index contributed by atoms with van der Waals surface area (Å²) in [6, 6.07) is 0. The highest BCUT2D eigenvalue weighted by atomic mass is 19.1. The lowest BCUT2D eigenvalue weighted by molar-refractivity contribution is 0.0980. The molecule has 3 rings (SSSR count). The van der Waals surface area contributed by atoms with Crippen molar-refractivity contribution in [1.29, 1.82) is 0 Å². The maximum absolute atomic E-state index is 13.5. The smallest absolute Gasteiger partial charge is 0.224 e. The molecule has 0 aromatic carbocycles. The van der Waals surface area contributed by atoms with E-state index in [0.29, 0.717) is 11.6 Å². The van der Waals surface area contributed by atoms with Crippen LogP contribution in [0.25, 0.3) is 16.6 Å². The highest BCUT2D eigenvalue weighted by Gasteiger charge is 2.17. The predicted molar refractivity (Wildman–Crippen MR) is 88.5 cm³/mol. The number of aliphatic hydroxyl groups excluding tert-OH is 1. The monoisotopic (exact) mass is 317 g/mol. The number of allylic oxidation sites excluding steroid dienone is 2. The summed E-state index contributed by atoms with van der Waals surface area (Å²) in [5.41, 5.74) is 1.25. The summed E-state index contributed by atoms with van der Waals surface area (Å²) < 4.78 is 13.5. The average Bonchev–Trinajstić information content (AvgIpc) is 2.90. The summed E-state index contributed by atoms with van der Waals surface area (Å²) in [6.07, 6.45) is 8.40. The molecule has 3 heterocycles. The van der Waals surface area contributed by atoms with Crippen LogP contribution in [0.3, 0.4) is 0 Å². The number of fused-ring (bicyclic) bond motifs is 1. The Kier molecular flexibility index (Phi) is 3.81. The van der Waals surface area contributed by atoms with Gasteiger partial charge in [0.15, 0.2) is 0 Å². The number of rotatable bonds is 4. The summed E-state index contributed by atoms with van der Waals surface area (Å²) in [5.74, 6) is 0.386. The van der Waals surface area contributed by atoms with Crippen molar-refractivity contribution in [3.8, 4) is 0 Å². The first-order valence-corrected chi connectivity index (χ1v) is 7.41. The van der Waals surface area contributed by atoms with E-state index in [2.05, 4.69) is 20.3 Å². The third-order valence-electron chi connectivity index (χ3n) is 3.62. The molecule has 2 aromatic heterocycles. The lowest BCUT2D eigenvalue weighted by atomic mass is 10.1. The lowest BCUT2D eigenvalue weighted by Crippen LogP contribution is -2.26. The Morgan fingerprint density at radius 3 is 2.96 bits per heavy atom. The van der Waals surface area contributed by atoms with Crippen LogP contribution < -0.4 is 5.32 Å². The number of aromatic amines is 1. The van der Waals surface area contributed by atoms with E-state index in [4.69, 9.17) is 0 Å². The molecule has 0 bridgehead atoms. The largest absolute Gasteiger partial charge is 0.370 e. The molecule has 1 atom stereocenters. The number of alkyl halides is 1. The standard InChI is InChI=1S/C16H20FN5O/c1-16(2,17)9-20-15-19-7-12-11(6-18-14(12)21-15)10-4-5-13(23)22(3)8-10/h4-8,13,23H,9H2,1-3H3,(H2,18,19,20,21). The summed E-state index contributed by atoms with van der Waals surface area (Å²) in [7, 11) is 1.81. The molecule has 1 unspecified atom stereocenters. The van der Waals surface area contributed by atoms with Crippen molar-refractivity contribution in [1.82, 2.24) is 19.9 Å².